The molecule has 0 rings (SSSR count). The van der Waals surface area contributed by atoms with Gasteiger partial charge in [0.1, 0.15) is 0 Å². The van der Waals surface area contributed by atoms with E-state index in [1.54, 1.807) is 0 Å². The Morgan fingerprint density at radius 2 is 1.45 bits per heavy atom. The van der Waals surface area contributed by atoms with E-state index >= 15 is 0 Å². The molecular formula is C13H29N3O8P2ReS2. The molecule has 0 atom stereocenters. The van der Waals surface area contributed by atoms with Crippen LogP contribution in [-0.4, -0.2) is 85.9 Å². The van der Waals surface area contributed by atoms with E-state index in [-0.39, 0.29) is 45.8 Å². The molecule has 0 fully saturated rings. The first-order chi connectivity index (χ1) is 12.9. The molecule has 0 saturated heterocycles. The number of hydrogen-bond acceptors (Lipinski definition) is 7. The zero-order valence-electron chi connectivity index (χ0n) is 15.7. The molecule has 6 N–H and O–H groups in total. The number of thiol groups is 2. The Kier molecular flexibility index (Phi) is 17.8. The first-order valence-corrected chi connectivity index (χ1v) is 13.1. The molecule has 0 saturated carbocycles. The fourth-order valence-electron chi connectivity index (χ4n) is 2.29. The van der Waals surface area contributed by atoms with Crippen LogP contribution < -0.4 is 10.6 Å². The van der Waals surface area contributed by atoms with Gasteiger partial charge in [-0.1, -0.05) is 0 Å². The van der Waals surface area contributed by atoms with Gasteiger partial charge in [0.2, 0.25) is 11.8 Å². The quantitative estimate of drug-likeness (QED) is 0.0824. The normalized spacial score (nSPS) is 12.0. The monoisotopic (exact) mass is 667 g/mol. The number of nitrogens with one attached hydrogen (secondary N) is 2. The van der Waals surface area contributed by atoms with Crippen LogP contribution in [0.4, 0.5) is 0 Å². The molecule has 0 aromatic heterocycles. The molecule has 1 radical (unpaired) electrons. The van der Waals surface area contributed by atoms with Crippen molar-refractivity contribution in [3.8, 4) is 0 Å². The third kappa shape index (κ3) is 15.9. The number of carbonyl (C=O) groups is 2. The van der Waals surface area contributed by atoms with E-state index in [1.165, 1.54) is 0 Å². The topological polar surface area (TPSA) is 176 Å². The zero-order valence-corrected chi connectivity index (χ0v) is 22.0. The Morgan fingerprint density at radius 3 is 1.93 bits per heavy atom. The van der Waals surface area contributed by atoms with Crippen LogP contribution in [0.2, 0.25) is 0 Å². The van der Waals surface area contributed by atoms with Crippen LogP contribution in [0.3, 0.4) is 0 Å². The van der Waals surface area contributed by atoms with Gasteiger partial charge in [0, 0.05) is 58.0 Å². The molecule has 0 aromatic rings. The van der Waals surface area contributed by atoms with Crippen LogP contribution in [0.15, 0.2) is 0 Å². The first-order valence-electron chi connectivity index (χ1n) is 8.49. The summed E-state index contributed by atoms with van der Waals surface area (Å²) in [5.41, 5.74) is 0. The molecule has 29 heavy (non-hydrogen) atoms. The summed E-state index contributed by atoms with van der Waals surface area (Å²) < 4.78 is 22.3. The van der Waals surface area contributed by atoms with Crippen molar-refractivity contribution in [3.63, 3.8) is 0 Å². The van der Waals surface area contributed by atoms with E-state index in [1.807, 2.05) is 4.90 Å². The number of nitrogens with zero attached hydrogens (tertiary/aromatic N) is 1. The van der Waals surface area contributed by atoms with Crippen molar-refractivity contribution in [2.75, 3.05) is 44.2 Å². The van der Waals surface area contributed by atoms with Gasteiger partial charge in [-0.05, 0) is 19.4 Å². The van der Waals surface area contributed by atoms with Crippen molar-refractivity contribution in [2.45, 2.75) is 24.7 Å². The third-order valence-electron chi connectivity index (χ3n) is 3.60. The molecule has 0 aliphatic rings. The van der Waals surface area contributed by atoms with Gasteiger partial charge in [0.15, 0.2) is 5.40 Å². The summed E-state index contributed by atoms with van der Waals surface area (Å²) in [6, 6.07) is 0. The molecule has 16 heteroatoms. The minimum atomic E-state index is -4.99. The Morgan fingerprint density at radius 1 is 0.897 bits per heavy atom. The Balaban J connectivity index is 0. The van der Waals surface area contributed by atoms with Crippen LogP contribution in [0.25, 0.3) is 0 Å². The SMILES string of the molecule is O=C(CCCN(CCS)CC(=O)NCCS)NCCC(P(=O)(O)O)P(=O)(O)O.[186Re]. The van der Waals surface area contributed by atoms with Gasteiger partial charge in [-0.25, -0.2) is 0 Å². The van der Waals surface area contributed by atoms with Crippen LogP contribution in [0, 0.1) is 0 Å². The van der Waals surface area contributed by atoms with Crippen molar-refractivity contribution < 1.29 is 58.7 Å². The maximum atomic E-state index is 11.8. The predicted molar refractivity (Wildman–Crippen MR) is 112 cm³/mol. The molecule has 11 nitrogen and oxygen atoms in total. The number of amides is 2. The standard InChI is InChI=1S/C13H29N3O8P2S2.Re/c17-11(14-4-3-13(25(19,20)21)26(22,23)24)2-1-6-16(7-9-28)10-12(18)15-5-8-27;/h13,27-28H,1-10H2,(H,14,17)(H,15,18)(H2,19,20,21)(H2,22,23,24);/i;1+0. The Bertz CT molecular complexity index is 570. The average Bonchev–Trinajstić information content (AvgIpc) is 2.54. The van der Waals surface area contributed by atoms with Crippen LogP contribution in [0.5, 0.6) is 0 Å². The minimum absolute atomic E-state index is 0. The summed E-state index contributed by atoms with van der Waals surface area (Å²) in [6.45, 7) is 1.39. The fraction of sp³-hybridized carbons (Fsp3) is 0.846. The van der Waals surface area contributed by atoms with Gasteiger partial charge in [-0.2, -0.15) is 25.3 Å². The maximum Gasteiger partial charge on any atom is 0.340 e. The van der Waals surface area contributed by atoms with Crippen LogP contribution in [0.1, 0.15) is 19.3 Å². The van der Waals surface area contributed by atoms with Crippen molar-refractivity contribution >= 4 is 52.3 Å². The Labute approximate surface area is 194 Å². The van der Waals surface area contributed by atoms with Crippen LogP contribution in [-0.2, 0) is 39.1 Å². The van der Waals surface area contributed by atoms with E-state index in [2.05, 4.69) is 35.9 Å². The number of hydrogen-bond donors (Lipinski definition) is 8. The van der Waals surface area contributed by atoms with Gasteiger partial charge in [0.25, 0.3) is 0 Å². The second kappa shape index (κ2) is 16.2. The molecule has 0 aliphatic carbocycles. The van der Waals surface area contributed by atoms with E-state index in [0.717, 1.165) is 0 Å². The van der Waals surface area contributed by atoms with Crippen molar-refractivity contribution in [1.82, 2.24) is 15.5 Å². The predicted octanol–water partition coefficient (Wildman–Crippen LogP) is -0.770. The van der Waals surface area contributed by atoms with Gasteiger partial charge < -0.3 is 30.2 Å². The summed E-state index contributed by atoms with van der Waals surface area (Å²) in [4.78, 5) is 61.4. The van der Waals surface area contributed by atoms with E-state index < -0.39 is 32.9 Å². The molecule has 0 spiro atoms. The molecule has 0 aromatic carbocycles. The van der Waals surface area contributed by atoms with E-state index in [0.29, 0.717) is 37.6 Å². The summed E-state index contributed by atoms with van der Waals surface area (Å²) in [5.74, 6) is 0.503. The molecule has 0 aliphatic heterocycles. The van der Waals surface area contributed by atoms with Gasteiger partial charge in [-0.15, -0.1) is 0 Å². The smallest absolute Gasteiger partial charge is 0.340 e. The van der Waals surface area contributed by atoms with E-state index in [4.69, 9.17) is 19.6 Å². The molecule has 2 amide bonds. The molecule has 0 unspecified atom stereocenters. The van der Waals surface area contributed by atoms with Crippen molar-refractivity contribution in [3.05, 3.63) is 0 Å². The zero-order chi connectivity index (χ0) is 21.8. The number of rotatable bonds is 15. The summed E-state index contributed by atoms with van der Waals surface area (Å²) in [5, 5.41) is 2.94. The second-order valence-electron chi connectivity index (χ2n) is 5.97. The second-order valence-corrected chi connectivity index (χ2v) is 10.9. The van der Waals surface area contributed by atoms with Crippen molar-refractivity contribution in [1.29, 1.82) is 0 Å². The van der Waals surface area contributed by atoms with Crippen molar-refractivity contribution in [2.24, 2.45) is 0 Å². The Hall–Kier alpha value is 0.562. The molecular weight excluding hydrogens is 638 g/mol. The largest absolute Gasteiger partial charge is 0.356 e. The van der Waals surface area contributed by atoms with Gasteiger partial charge in [0.05, 0.1) is 6.54 Å². The van der Waals surface area contributed by atoms with Gasteiger partial charge in [-0.3, -0.25) is 23.6 Å². The summed E-state index contributed by atoms with van der Waals surface area (Å²) in [6.07, 6.45) is -0.0188. The molecule has 173 valence electrons. The van der Waals surface area contributed by atoms with E-state index in [9.17, 15) is 18.7 Å². The average molecular weight is 667 g/mol. The maximum absolute atomic E-state index is 11.8. The summed E-state index contributed by atoms with van der Waals surface area (Å²) >= 11 is 8.14. The van der Waals surface area contributed by atoms with Gasteiger partial charge >= 0.3 is 15.2 Å². The molecule has 0 bridgehead atoms. The first kappa shape index (κ1) is 31.7. The third-order valence-corrected chi connectivity index (χ3v) is 7.89. The fourth-order valence-corrected chi connectivity index (χ4v) is 5.18. The minimum Gasteiger partial charge on any atom is -0.356 e. The summed E-state index contributed by atoms with van der Waals surface area (Å²) in [7, 11) is -9.98. The van der Waals surface area contributed by atoms with Crippen LogP contribution >= 0.6 is 40.4 Å². The number of carbonyl (C=O) groups excluding carboxylic acids is 2. The molecule has 0 heterocycles.